The monoisotopic (exact) mass is 312 g/mol. The molecule has 20 heavy (non-hydrogen) atoms. The lowest BCUT2D eigenvalue weighted by atomic mass is 10.3. The number of hydrogen-bond donors (Lipinski definition) is 0. The van der Waals surface area contributed by atoms with E-state index in [1.807, 2.05) is 6.92 Å². The fourth-order valence-corrected chi connectivity index (χ4v) is 2.77. The summed E-state index contributed by atoms with van der Waals surface area (Å²) in [7, 11) is 0. The molecule has 0 radical (unpaired) electrons. The zero-order chi connectivity index (χ0) is 14.7. The van der Waals surface area contributed by atoms with Gasteiger partial charge in [0.2, 0.25) is 0 Å². The van der Waals surface area contributed by atoms with Crippen molar-refractivity contribution >= 4 is 28.7 Å². The summed E-state index contributed by atoms with van der Waals surface area (Å²) < 4.78 is 2.87. The van der Waals surface area contributed by atoms with Gasteiger partial charge >= 0.3 is 5.69 Å². The molecule has 0 amide bonds. The van der Waals surface area contributed by atoms with Crippen LogP contribution in [0.15, 0.2) is 34.0 Å². The molecule has 0 atom stereocenters. The number of rotatable bonds is 5. The van der Waals surface area contributed by atoms with E-state index in [1.165, 1.54) is 16.8 Å². The van der Waals surface area contributed by atoms with Crippen molar-refractivity contribution in [3.63, 3.8) is 0 Å². The van der Waals surface area contributed by atoms with Crippen molar-refractivity contribution in [2.75, 3.05) is 0 Å². The van der Waals surface area contributed by atoms with Crippen LogP contribution in [0.2, 0.25) is 4.34 Å². The van der Waals surface area contributed by atoms with Gasteiger partial charge in [0.05, 0.1) is 15.8 Å². The van der Waals surface area contributed by atoms with Crippen LogP contribution in [-0.4, -0.2) is 14.9 Å². The van der Waals surface area contributed by atoms with Crippen molar-refractivity contribution in [3.8, 4) is 0 Å². The highest BCUT2D eigenvalue weighted by molar-refractivity contribution is 7.18. The number of ketones is 1. The molecule has 0 aromatic carbocycles. The molecule has 0 aliphatic heterocycles. The van der Waals surface area contributed by atoms with E-state index in [0.29, 0.717) is 15.8 Å². The Hall–Kier alpha value is -1.66. The summed E-state index contributed by atoms with van der Waals surface area (Å²) >= 11 is 6.90. The number of aromatic nitrogens is 2. The zero-order valence-electron chi connectivity index (χ0n) is 10.8. The SMILES string of the molecule is CCCn1ccc(=O)n(CC(=O)c2ccc(Cl)s2)c1=O. The summed E-state index contributed by atoms with van der Waals surface area (Å²) in [6, 6.07) is 4.50. The van der Waals surface area contributed by atoms with Crippen LogP contribution in [0.1, 0.15) is 23.0 Å². The highest BCUT2D eigenvalue weighted by Gasteiger charge is 2.13. The standard InChI is InChI=1S/C13H13ClN2O3S/c1-2-6-15-7-5-12(18)16(13(15)19)8-9(17)10-3-4-11(14)20-10/h3-5,7H,2,6,8H2,1H3. The molecule has 0 aliphatic carbocycles. The van der Waals surface area contributed by atoms with E-state index in [-0.39, 0.29) is 12.3 Å². The van der Waals surface area contributed by atoms with Crippen molar-refractivity contribution < 1.29 is 4.79 Å². The summed E-state index contributed by atoms with van der Waals surface area (Å²) in [4.78, 5) is 36.3. The zero-order valence-corrected chi connectivity index (χ0v) is 12.4. The number of aryl methyl sites for hydroxylation is 1. The maximum absolute atomic E-state index is 12.1. The Kier molecular flexibility index (Phi) is 4.57. The second kappa shape index (κ2) is 6.19. The van der Waals surface area contributed by atoms with Crippen LogP contribution < -0.4 is 11.2 Å². The largest absolute Gasteiger partial charge is 0.331 e. The summed E-state index contributed by atoms with van der Waals surface area (Å²) in [5.74, 6) is -0.296. The lowest BCUT2D eigenvalue weighted by Crippen LogP contribution is -2.40. The van der Waals surface area contributed by atoms with E-state index in [1.54, 1.807) is 12.1 Å². The molecule has 0 unspecified atom stereocenters. The van der Waals surface area contributed by atoms with Gasteiger partial charge in [-0.05, 0) is 18.6 Å². The first-order chi connectivity index (χ1) is 9.52. The van der Waals surface area contributed by atoms with Crippen LogP contribution in [0.25, 0.3) is 0 Å². The van der Waals surface area contributed by atoms with Crippen molar-refractivity contribution in [2.45, 2.75) is 26.4 Å². The maximum Gasteiger partial charge on any atom is 0.331 e. The molecule has 2 aromatic heterocycles. The second-order valence-electron chi connectivity index (χ2n) is 4.24. The van der Waals surface area contributed by atoms with Gasteiger partial charge in [0.15, 0.2) is 5.78 Å². The van der Waals surface area contributed by atoms with Crippen molar-refractivity contribution in [1.29, 1.82) is 0 Å². The minimum absolute atomic E-state index is 0.265. The molecule has 0 fully saturated rings. The fourth-order valence-electron chi connectivity index (χ4n) is 1.80. The molecule has 2 rings (SSSR count). The summed E-state index contributed by atoms with van der Waals surface area (Å²) in [6.07, 6.45) is 2.23. The Labute approximate surface area is 124 Å². The number of halogens is 1. The minimum Gasteiger partial charge on any atom is -0.300 e. The molecule has 2 aromatic rings. The fraction of sp³-hybridized carbons (Fsp3) is 0.308. The summed E-state index contributed by atoms with van der Waals surface area (Å²) in [5, 5.41) is 0. The van der Waals surface area contributed by atoms with Gasteiger partial charge in [0.1, 0.15) is 0 Å². The highest BCUT2D eigenvalue weighted by atomic mass is 35.5. The van der Waals surface area contributed by atoms with E-state index in [4.69, 9.17) is 11.6 Å². The van der Waals surface area contributed by atoms with E-state index < -0.39 is 11.2 Å². The Morgan fingerprint density at radius 1 is 1.30 bits per heavy atom. The van der Waals surface area contributed by atoms with Gasteiger partial charge in [-0.1, -0.05) is 18.5 Å². The van der Waals surface area contributed by atoms with Gasteiger partial charge in [0.25, 0.3) is 5.56 Å². The molecular weight excluding hydrogens is 300 g/mol. The quantitative estimate of drug-likeness (QED) is 0.794. The third-order valence-electron chi connectivity index (χ3n) is 2.75. The van der Waals surface area contributed by atoms with Crippen LogP contribution in [0.4, 0.5) is 0 Å². The van der Waals surface area contributed by atoms with Gasteiger partial charge in [-0.25, -0.2) is 4.79 Å². The molecule has 106 valence electrons. The van der Waals surface area contributed by atoms with Gasteiger partial charge in [-0.2, -0.15) is 0 Å². The lowest BCUT2D eigenvalue weighted by Gasteiger charge is -2.07. The molecule has 0 saturated carbocycles. The van der Waals surface area contributed by atoms with Crippen molar-refractivity contribution in [2.24, 2.45) is 0 Å². The Morgan fingerprint density at radius 2 is 2.05 bits per heavy atom. The molecule has 7 heteroatoms. The molecule has 2 heterocycles. The van der Waals surface area contributed by atoms with E-state index >= 15 is 0 Å². The smallest absolute Gasteiger partial charge is 0.300 e. The topological polar surface area (TPSA) is 61.1 Å². The first-order valence-electron chi connectivity index (χ1n) is 6.11. The van der Waals surface area contributed by atoms with Crippen LogP contribution in [0.5, 0.6) is 0 Å². The van der Waals surface area contributed by atoms with Crippen LogP contribution in [0.3, 0.4) is 0 Å². The molecule has 5 nitrogen and oxygen atoms in total. The van der Waals surface area contributed by atoms with Crippen LogP contribution in [0, 0.1) is 0 Å². The number of nitrogens with zero attached hydrogens (tertiary/aromatic N) is 2. The van der Waals surface area contributed by atoms with Gasteiger partial charge in [-0.15, -0.1) is 11.3 Å². The predicted molar refractivity (Wildman–Crippen MR) is 78.9 cm³/mol. The van der Waals surface area contributed by atoms with Crippen molar-refractivity contribution in [1.82, 2.24) is 9.13 Å². The Balaban J connectivity index is 2.34. The first kappa shape index (κ1) is 14.7. The number of thiophene rings is 1. The molecule has 0 saturated heterocycles. The molecule has 0 aliphatic rings. The Bertz CT molecular complexity index is 745. The summed E-state index contributed by atoms with van der Waals surface area (Å²) in [5.41, 5.74) is -0.936. The third kappa shape index (κ3) is 3.08. The second-order valence-corrected chi connectivity index (χ2v) is 5.96. The first-order valence-corrected chi connectivity index (χ1v) is 7.31. The number of carbonyl (C=O) groups excluding carboxylic acids is 1. The lowest BCUT2D eigenvalue weighted by molar-refractivity contribution is 0.0972. The van der Waals surface area contributed by atoms with Crippen LogP contribution >= 0.6 is 22.9 Å². The molecular formula is C13H13ClN2O3S. The number of hydrogen-bond acceptors (Lipinski definition) is 4. The maximum atomic E-state index is 12.1. The van der Waals surface area contributed by atoms with E-state index in [9.17, 15) is 14.4 Å². The van der Waals surface area contributed by atoms with Gasteiger partial charge < -0.3 is 4.57 Å². The van der Waals surface area contributed by atoms with Gasteiger partial charge in [0, 0.05) is 18.8 Å². The number of carbonyl (C=O) groups is 1. The van der Waals surface area contributed by atoms with Crippen molar-refractivity contribution in [3.05, 3.63) is 54.4 Å². The normalized spacial score (nSPS) is 10.7. The van der Waals surface area contributed by atoms with Gasteiger partial charge in [-0.3, -0.25) is 14.2 Å². The average molecular weight is 313 g/mol. The Morgan fingerprint density at radius 3 is 2.65 bits per heavy atom. The van der Waals surface area contributed by atoms with E-state index in [2.05, 4.69) is 0 Å². The highest BCUT2D eigenvalue weighted by Crippen LogP contribution is 2.21. The molecule has 0 spiro atoms. The average Bonchev–Trinajstić information content (AvgIpc) is 2.84. The summed E-state index contributed by atoms with van der Waals surface area (Å²) in [6.45, 7) is 2.18. The van der Waals surface area contributed by atoms with Crippen LogP contribution in [-0.2, 0) is 13.1 Å². The number of Topliss-reactive ketones (excluding diaryl/α,β-unsaturated/α-hetero) is 1. The van der Waals surface area contributed by atoms with E-state index in [0.717, 1.165) is 22.3 Å². The minimum atomic E-state index is -0.474. The predicted octanol–water partition coefficient (Wildman–Crippen LogP) is 2.02. The molecule has 0 bridgehead atoms. The molecule has 0 N–H and O–H groups in total. The third-order valence-corrected chi connectivity index (χ3v) is 4.03.